The Balaban J connectivity index is 3.46. The Morgan fingerprint density at radius 3 is 2.36 bits per heavy atom. The van der Waals surface area contributed by atoms with Gasteiger partial charge in [-0.3, -0.25) is 0 Å². The molecule has 0 aromatic heterocycles. The van der Waals surface area contributed by atoms with Crippen LogP contribution in [0.1, 0.15) is 13.8 Å². The van der Waals surface area contributed by atoms with Crippen LogP contribution in [0.5, 0.6) is 0 Å². The Morgan fingerprint density at radius 1 is 1.45 bits per heavy atom. The minimum atomic E-state index is -1.65. The van der Waals surface area contributed by atoms with Crippen LogP contribution in [0.15, 0.2) is 0 Å². The molecule has 5 heteroatoms. The largest absolute Gasteiger partial charge is 0.518 e. The van der Waals surface area contributed by atoms with Gasteiger partial charge in [-0.15, -0.1) is 0 Å². The lowest BCUT2D eigenvalue weighted by molar-refractivity contribution is 0.0485. The molecule has 0 amide bonds. The average Bonchev–Trinajstić information content (AvgIpc) is 1.82. The first-order valence-corrected chi connectivity index (χ1v) is 3.10. The van der Waals surface area contributed by atoms with Crippen molar-refractivity contribution in [3.05, 3.63) is 0 Å². The van der Waals surface area contributed by atoms with Gasteiger partial charge in [-0.1, -0.05) is 13.8 Å². The lowest BCUT2D eigenvalue weighted by atomic mass is 10.2. The van der Waals surface area contributed by atoms with E-state index in [1.807, 2.05) is 13.8 Å². The fourth-order valence-electron chi connectivity index (χ4n) is 0.335. The van der Waals surface area contributed by atoms with Gasteiger partial charge in [-0.25, -0.2) is 9.59 Å². The molecule has 0 fully saturated rings. The molecule has 5 nitrogen and oxygen atoms in total. The minimum absolute atomic E-state index is 0.159. The topological polar surface area (TPSA) is 72.8 Å². The van der Waals surface area contributed by atoms with Crippen molar-refractivity contribution in [2.45, 2.75) is 13.8 Å². The summed E-state index contributed by atoms with van der Waals surface area (Å²) >= 11 is 0. The van der Waals surface area contributed by atoms with Gasteiger partial charge in [-0.05, 0) is 5.92 Å². The number of carboxylic acid groups (broad SMARTS) is 1. The van der Waals surface area contributed by atoms with Gasteiger partial charge in [0.15, 0.2) is 0 Å². The van der Waals surface area contributed by atoms with Crippen molar-refractivity contribution >= 4 is 12.3 Å². The van der Waals surface area contributed by atoms with E-state index in [4.69, 9.17) is 5.11 Å². The van der Waals surface area contributed by atoms with Crippen LogP contribution >= 0.6 is 0 Å². The summed E-state index contributed by atoms with van der Waals surface area (Å²) in [6, 6.07) is 0. The summed E-state index contributed by atoms with van der Waals surface area (Å²) in [7, 11) is 0. The first-order valence-electron chi connectivity index (χ1n) is 3.10. The standard InChI is InChI=1S/C6H10O5/c1-4(2)3-10-6(9)11-5(7)8/h4H,3H2,1-2H3,(H,7,8). The number of ether oxygens (including phenoxy) is 2. The summed E-state index contributed by atoms with van der Waals surface area (Å²) < 4.78 is 8.03. The number of carbonyl (C=O) groups is 2. The molecule has 0 unspecified atom stereocenters. The highest BCUT2D eigenvalue weighted by molar-refractivity contribution is 5.75. The lowest BCUT2D eigenvalue weighted by Crippen LogP contribution is -2.14. The van der Waals surface area contributed by atoms with Gasteiger partial charge < -0.3 is 14.6 Å². The molecule has 0 aromatic carbocycles. The highest BCUT2D eigenvalue weighted by Crippen LogP contribution is 1.94. The predicted octanol–water partition coefficient (Wildman–Crippen LogP) is 1.47. The van der Waals surface area contributed by atoms with E-state index >= 15 is 0 Å². The molecule has 0 spiro atoms. The highest BCUT2D eigenvalue weighted by Gasteiger charge is 2.09. The Hall–Kier alpha value is -1.26. The molecular weight excluding hydrogens is 152 g/mol. The van der Waals surface area contributed by atoms with Crippen molar-refractivity contribution in [2.24, 2.45) is 5.92 Å². The smallest absolute Gasteiger partial charge is 0.449 e. The molecule has 0 aliphatic heterocycles. The molecule has 1 N–H and O–H groups in total. The fraction of sp³-hybridized carbons (Fsp3) is 0.667. The van der Waals surface area contributed by atoms with Crippen LogP contribution in [0, 0.1) is 5.92 Å². The summed E-state index contributed by atoms with van der Waals surface area (Å²) in [6.07, 6.45) is -2.83. The number of hydrogen-bond acceptors (Lipinski definition) is 4. The van der Waals surface area contributed by atoms with Crippen molar-refractivity contribution in [3.63, 3.8) is 0 Å². The maximum atomic E-state index is 10.3. The zero-order chi connectivity index (χ0) is 8.85. The Morgan fingerprint density at radius 2 is 2.00 bits per heavy atom. The number of rotatable bonds is 2. The van der Waals surface area contributed by atoms with Crippen LogP contribution in [-0.4, -0.2) is 24.0 Å². The second kappa shape index (κ2) is 4.54. The average molecular weight is 162 g/mol. The fourth-order valence-corrected chi connectivity index (χ4v) is 0.335. The van der Waals surface area contributed by atoms with Crippen LogP contribution in [0.25, 0.3) is 0 Å². The molecule has 0 heterocycles. The van der Waals surface area contributed by atoms with E-state index in [0.29, 0.717) is 0 Å². The molecule has 0 radical (unpaired) electrons. The Kier molecular flexibility index (Phi) is 4.02. The molecule has 0 atom stereocenters. The number of hydrogen-bond donors (Lipinski definition) is 1. The summed E-state index contributed by atoms with van der Waals surface area (Å²) in [5.41, 5.74) is 0. The van der Waals surface area contributed by atoms with E-state index in [0.717, 1.165) is 0 Å². The molecule has 0 saturated heterocycles. The quantitative estimate of drug-likeness (QED) is 0.491. The molecule has 0 rings (SSSR count). The Labute approximate surface area is 63.9 Å². The third-order valence-electron chi connectivity index (χ3n) is 0.705. The second-order valence-corrected chi connectivity index (χ2v) is 2.32. The van der Waals surface area contributed by atoms with Crippen molar-refractivity contribution in [2.75, 3.05) is 6.61 Å². The third-order valence-corrected chi connectivity index (χ3v) is 0.705. The normalized spacial score (nSPS) is 9.36. The number of carbonyl (C=O) groups excluding carboxylic acids is 1. The molecule has 0 aliphatic rings. The van der Waals surface area contributed by atoms with Crippen molar-refractivity contribution in [1.82, 2.24) is 0 Å². The molecule has 0 aliphatic carbocycles. The molecule has 0 aromatic rings. The van der Waals surface area contributed by atoms with Gasteiger partial charge in [0.2, 0.25) is 0 Å². The monoisotopic (exact) mass is 162 g/mol. The SMILES string of the molecule is CC(C)COC(=O)OC(=O)O. The van der Waals surface area contributed by atoms with E-state index in [2.05, 4.69) is 9.47 Å². The molecule has 0 saturated carbocycles. The molecule has 11 heavy (non-hydrogen) atoms. The van der Waals surface area contributed by atoms with Gasteiger partial charge in [0.1, 0.15) is 0 Å². The zero-order valence-corrected chi connectivity index (χ0v) is 6.36. The van der Waals surface area contributed by atoms with Crippen molar-refractivity contribution in [1.29, 1.82) is 0 Å². The molecule has 64 valence electrons. The maximum absolute atomic E-state index is 10.3. The molecule has 0 bridgehead atoms. The van der Waals surface area contributed by atoms with Crippen LogP contribution < -0.4 is 0 Å². The summed E-state index contributed by atoms with van der Waals surface area (Å²) in [5, 5.41) is 7.93. The highest BCUT2D eigenvalue weighted by atomic mass is 16.8. The third kappa shape index (κ3) is 6.63. The summed E-state index contributed by atoms with van der Waals surface area (Å²) in [6.45, 7) is 3.81. The van der Waals surface area contributed by atoms with Crippen LogP contribution in [0.2, 0.25) is 0 Å². The van der Waals surface area contributed by atoms with Gasteiger partial charge in [0.05, 0.1) is 6.61 Å². The van der Waals surface area contributed by atoms with Crippen LogP contribution in [0.3, 0.4) is 0 Å². The zero-order valence-electron chi connectivity index (χ0n) is 6.36. The van der Waals surface area contributed by atoms with Gasteiger partial charge in [0, 0.05) is 0 Å². The maximum Gasteiger partial charge on any atom is 0.518 e. The minimum Gasteiger partial charge on any atom is -0.449 e. The second-order valence-electron chi connectivity index (χ2n) is 2.32. The van der Waals surface area contributed by atoms with E-state index in [1.54, 1.807) is 0 Å². The van der Waals surface area contributed by atoms with Crippen LogP contribution in [-0.2, 0) is 9.47 Å². The summed E-state index contributed by atoms with van der Waals surface area (Å²) in [4.78, 5) is 20.1. The van der Waals surface area contributed by atoms with E-state index in [1.165, 1.54) is 0 Å². The van der Waals surface area contributed by atoms with Gasteiger partial charge >= 0.3 is 12.3 Å². The van der Waals surface area contributed by atoms with Crippen molar-refractivity contribution < 1.29 is 24.2 Å². The van der Waals surface area contributed by atoms with E-state index < -0.39 is 12.3 Å². The first-order chi connectivity index (χ1) is 5.02. The predicted molar refractivity (Wildman–Crippen MR) is 35.3 cm³/mol. The summed E-state index contributed by atoms with van der Waals surface area (Å²) in [5.74, 6) is 0.163. The van der Waals surface area contributed by atoms with Gasteiger partial charge in [0.25, 0.3) is 0 Å². The lowest BCUT2D eigenvalue weighted by Gasteiger charge is -2.03. The Bertz CT molecular complexity index is 151. The molecular formula is C6H10O5. The van der Waals surface area contributed by atoms with Crippen molar-refractivity contribution in [3.8, 4) is 0 Å². The van der Waals surface area contributed by atoms with E-state index in [-0.39, 0.29) is 12.5 Å². The van der Waals surface area contributed by atoms with Crippen LogP contribution in [0.4, 0.5) is 9.59 Å². The van der Waals surface area contributed by atoms with Gasteiger partial charge in [-0.2, -0.15) is 0 Å². The first kappa shape index (κ1) is 9.74. The van der Waals surface area contributed by atoms with E-state index in [9.17, 15) is 9.59 Å².